The molecule has 0 bridgehead atoms. The lowest BCUT2D eigenvalue weighted by molar-refractivity contribution is -0.135. The lowest BCUT2D eigenvalue weighted by atomic mass is 10.0. The molecule has 3 rings (SSSR count). The van der Waals surface area contributed by atoms with Gasteiger partial charge in [0.05, 0.1) is 19.1 Å². The predicted octanol–water partition coefficient (Wildman–Crippen LogP) is 1.57. The van der Waals surface area contributed by atoms with Crippen LogP contribution in [-0.2, 0) is 25.7 Å². The minimum atomic E-state index is -0.487. The molecule has 23 heavy (non-hydrogen) atoms. The van der Waals surface area contributed by atoms with Crippen LogP contribution in [0.25, 0.3) is 0 Å². The summed E-state index contributed by atoms with van der Waals surface area (Å²) in [6.45, 7) is 2.91. The van der Waals surface area contributed by atoms with E-state index < -0.39 is 12.1 Å². The zero-order valence-electron chi connectivity index (χ0n) is 12.8. The zero-order valence-corrected chi connectivity index (χ0v) is 12.8. The van der Waals surface area contributed by atoms with Gasteiger partial charge in [0.2, 0.25) is 0 Å². The molecule has 2 atom stereocenters. The van der Waals surface area contributed by atoms with Crippen molar-refractivity contribution in [3.8, 4) is 0 Å². The summed E-state index contributed by atoms with van der Waals surface area (Å²) in [6.07, 6.45) is -0.728. The van der Waals surface area contributed by atoms with Gasteiger partial charge in [-0.25, -0.2) is 9.59 Å². The summed E-state index contributed by atoms with van der Waals surface area (Å²) in [5.41, 5.74) is 1.17. The molecule has 1 amide bonds. The maximum absolute atomic E-state index is 12.1. The zero-order chi connectivity index (χ0) is 16.2. The van der Waals surface area contributed by atoms with Gasteiger partial charge >= 0.3 is 12.1 Å². The molecule has 0 unspecified atom stereocenters. The second kappa shape index (κ2) is 6.68. The van der Waals surface area contributed by atoms with Gasteiger partial charge in [0.25, 0.3) is 0 Å². The van der Waals surface area contributed by atoms with Crippen LogP contribution in [0.5, 0.6) is 0 Å². The van der Waals surface area contributed by atoms with Gasteiger partial charge in [-0.15, -0.1) is 0 Å². The number of carbonyl (C=O) groups is 2. The largest absolute Gasteiger partial charge is 0.461 e. The number of hydrogen-bond donors (Lipinski definition) is 0. The van der Waals surface area contributed by atoms with Crippen LogP contribution < -0.4 is 0 Å². The molecule has 0 N–H and O–H groups in total. The van der Waals surface area contributed by atoms with Crippen LogP contribution >= 0.6 is 0 Å². The fraction of sp³-hybridized carbons (Fsp3) is 0.438. The van der Waals surface area contributed by atoms with Crippen LogP contribution in [0.4, 0.5) is 4.79 Å². The molecular weight excluding hydrogens is 300 g/mol. The maximum atomic E-state index is 12.1. The van der Waals surface area contributed by atoms with Crippen molar-refractivity contribution in [3.63, 3.8) is 0 Å². The normalized spacial score (nSPS) is 22.1. The number of ether oxygens (including phenoxy) is 2. The molecular formula is C16H18N2O5. The van der Waals surface area contributed by atoms with E-state index in [1.807, 2.05) is 30.3 Å². The Hall–Kier alpha value is -2.57. The smallest absolute Gasteiger partial charge is 0.410 e. The molecule has 1 aromatic rings. The first-order chi connectivity index (χ1) is 11.2. The highest BCUT2D eigenvalue weighted by Gasteiger charge is 2.47. The van der Waals surface area contributed by atoms with Crippen LogP contribution in [0.3, 0.4) is 0 Å². The van der Waals surface area contributed by atoms with Gasteiger partial charge in [-0.1, -0.05) is 35.5 Å². The third-order valence-corrected chi connectivity index (χ3v) is 3.85. The van der Waals surface area contributed by atoms with E-state index in [1.54, 1.807) is 6.92 Å². The van der Waals surface area contributed by atoms with Crippen molar-refractivity contribution in [3.05, 3.63) is 35.9 Å². The molecule has 2 heterocycles. The highest BCUT2D eigenvalue weighted by molar-refractivity contribution is 6.37. The lowest BCUT2D eigenvalue weighted by Gasteiger charge is -2.16. The molecule has 122 valence electrons. The van der Waals surface area contributed by atoms with Crippen LogP contribution in [0, 0.1) is 5.92 Å². The average Bonchev–Trinajstić information content (AvgIpc) is 3.14. The van der Waals surface area contributed by atoms with E-state index in [0.29, 0.717) is 13.1 Å². The van der Waals surface area contributed by atoms with Crippen molar-refractivity contribution >= 4 is 17.8 Å². The minimum absolute atomic E-state index is 0.213. The lowest BCUT2D eigenvalue weighted by Crippen LogP contribution is -2.32. The van der Waals surface area contributed by atoms with Crippen molar-refractivity contribution in [1.82, 2.24) is 4.90 Å². The Kier molecular flexibility index (Phi) is 4.45. The molecule has 1 aromatic carbocycles. The van der Waals surface area contributed by atoms with E-state index >= 15 is 0 Å². The summed E-state index contributed by atoms with van der Waals surface area (Å²) in [4.78, 5) is 30.7. The second-order valence-electron chi connectivity index (χ2n) is 5.39. The SMILES string of the molecule is CCOC(=O)C1=NO[C@@H]2CN(C(=O)OCc3ccccc3)C[C@H]12. The van der Waals surface area contributed by atoms with Crippen molar-refractivity contribution in [2.75, 3.05) is 19.7 Å². The summed E-state index contributed by atoms with van der Waals surface area (Å²) >= 11 is 0. The number of carbonyl (C=O) groups excluding carboxylic acids is 2. The van der Waals surface area contributed by atoms with Crippen molar-refractivity contribution in [1.29, 1.82) is 0 Å². The molecule has 0 aromatic heterocycles. The Labute approximate surface area is 133 Å². The monoisotopic (exact) mass is 318 g/mol. The summed E-state index contributed by atoms with van der Waals surface area (Å²) < 4.78 is 10.2. The number of fused-ring (bicyclic) bond motifs is 1. The van der Waals surface area contributed by atoms with E-state index in [1.165, 1.54) is 4.90 Å². The molecule has 0 aliphatic carbocycles. The van der Waals surface area contributed by atoms with E-state index in [0.717, 1.165) is 5.56 Å². The summed E-state index contributed by atoms with van der Waals surface area (Å²) in [5.74, 6) is -0.738. The standard InChI is InChI=1S/C16H18N2O5/c1-2-21-15(19)14-12-8-18(9-13(12)23-17-14)16(20)22-10-11-6-4-3-5-7-11/h3-7,12-13H,2,8-10H2,1H3/t12-,13+/m0/s1. The molecule has 7 heteroatoms. The number of hydrogen-bond acceptors (Lipinski definition) is 6. The number of benzene rings is 1. The number of oxime groups is 1. The Bertz CT molecular complexity index is 616. The Balaban J connectivity index is 1.54. The summed E-state index contributed by atoms with van der Waals surface area (Å²) in [5, 5.41) is 3.79. The van der Waals surface area contributed by atoms with Crippen LogP contribution in [0.1, 0.15) is 12.5 Å². The van der Waals surface area contributed by atoms with Gasteiger partial charge in [-0.3, -0.25) is 0 Å². The van der Waals surface area contributed by atoms with Crippen LogP contribution in [-0.4, -0.2) is 48.5 Å². The van der Waals surface area contributed by atoms with E-state index in [-0.39, 0.29) is 30.9 Å². The van der Waals surface area contributed by atoms with E-state index in [2.05, 4.69) is 5.16 Å². The molecule has 2 aliphatic heterocycles. The van der Waals surface area contributed by atoms with Crippen molar-refractivity contribution in [2.45, 2.75) is 19.6 Å². The first kappa shape index (κ1) is 15.3. The maximum Gasteiger partial charge on any atom is 0.410 e. The van der Waals surface area contributed by atoms with Crippen molar-refractivity contribution < 1.29 is 23.9 Å². The molecule has 1 fully saturated rings. The van der Waals surface area contributed by atoms with Gasteiger partial charge < -0.3 is 19.2 Å². The Morgan fingerprint density at radius 3 is 2.78 bits per heavy atom. The van der Waals surface area contributed by atoms with Gasteiger partial charge in [0, 0.05) is 6.54 Å². The fourth-order valence-corrected chi connectivity index (χ4v) is 2.69. The molecule has 0 radical (unpaired) electrons. The number of likely N-dealkylation sites (tertiary alicyclic amines) is 1. The molecule has 7 nitrogen and oxygen atoms in total. The highest BCUT2D eigenvalue weighted by Crippen LogP contribution is 2.28. The minimum Gasteiger partial charge on any atom is -0.461 e. The van der Waals surface area contributed by atoms with Crippen LogP contribution in [0.15, 0.2) is 35.5 Å². The molecule has 0 saturated carbocycles. The number of rotatable bonds is 4. The quantitative estimate of drug-likeness (QED) is 0.788. The van der Waals surface area contributed by atoms with Gasteiger partial charge in [-0.05, 0) is 12.5 Å². The van der Waals surface area contributed by atoms with Crippen molar-refractivity contribution in [2.24, 2.45) is 11.1 Å². The van der Waals surface area contributed by atoms with Gasteiger partial charge in [-0.2, -0.15) is 0 Å². The fourth-order valence-electron chi connectivity index (χ4n) is 2.69. The topological polar surface area (TPSA) is 77.4 Å². The Morgan fingerprint density at radius 2 is 2.04 bits per heavy atom. The number of esters is 1. The van der Waals surface area contributed by atoms with Gasteiger partial charge in [0.15, 0.2) is 11.8 Å². The first-order valence-electron chi connectivity index (χ1n) is 7.55. The highest BCUT2D eigenvalue weighted by atomic mass is 16.7. The number of nitrogens with zero attached hydrogens (tertiary/aromatic N) is 2. The average molecular weight is 318 g/mol. The third kappa shape index (κ3) is 3.28. The third-order valence-electron chi connectivity index (χ3n) is 3.85. The van der Waals surface area contributed by atoms with E-state index in [4.69, 9.17) is 14.3 Å². The summed E-state index contributed by atoms with van der Waals surface area (Å²) in [6, 6.07) is 9.46. The van der Waals surface area contributed by atoms with E-state index in [9.17, 15) is 9.59 Å². The molecule has 1 saturated heterocycles. The number of amides is 1. The summed E-state index contributed by atoms with van der Waals surface area (Å²) in [7, 11) is 0. The predicted molar refractivity (Wildman–Crippen MR) is 80.6 cm³/mol. The van der Waals surface area contributed by atoms with Gasteiger partial charge in [0.1, 0.15) is 6.61 Å². The molecule has 0 spiro atoms. The molecule has 2 aliphatic rings. The second-order valence-corrected chi connectivity index (χ2v) is 5.39. The van der Waals surface area contributed by atoms with Crippen LogP contribution in [0.2, 0.25) is 0 Å². The Morgan fingerprint density at radius 1 is 1.26 bits per heavy atom. The first-order valence-corrected chi connectivity index (χ1v) is 7.55.